The summed E-state index contributed by atoms with van der Waals surface area (Å²) in [6.45, 7) is 2.17. The Morgan fingerprint density at radius 1 is 1.25 bits per heavy atom. The molecule has 0 unspecified atom stereocenters. The van der Waals surface area contributed by atoms with Crippen LogP contribution in [0.5, 0.6) is 5.75 Å². The van der Waals surface area contributed by atoms with E-state index in [2.05, 4.69) is 11.0 Å². The summed E-state index contributed by atoms with van der Waals surface area (Å²) in [6, 6.07) is 7.79. The van der Waals surface area contributed by atoms with Gasteiger partial charge in [-0.05, 0) is 31.4 Å². The Labute approximate surface area is 96.2 Å². The molecule has 84 valence electrons. The van der Waals surface area contributed by atoms with E-state index < -0.39 is 0 Å². The minimum Gasteiger partial charge on any atom is -0.495 e. The summed E-state index contributed by atoms with van der Waals surface area (Å²) in [6.07, 6.45) is 3.79. The lowest BCUT2D eigenvalue weighted by molar-refractivity contribution is 0.412. The van der Waals surface area contributed by atoms with Gasteiger partial charge in [0.1, 0.15) is 5.75 Å². The molecule has 0 radical (unpaired) electrons. The van der Waals surface area contributed by atoms with Gasteiger partial charge in [0, 0.05) is 19.2 Å². The molecule has 1 saturated heterocycles. The summed E-state index contributed by atoms with van der Waals surface area (Å²) < 4.78 is 5.35. The summed E-state index contributed by atoms with van der Waals surface area (Å²) in [5, 5.41) is 8.84. The zero-order chi connectivity index (χ0) is 11.4. The Kier molecular flexibility index (Phi) is 3.31. The normalized spacial score (nSPS) is 15.6. The number of nitriles is 1. The Morgan fingerprint density at radius 3 is 2.62 bits per heavy atom. The third kappa shape index (κ3) is 2.11. The summed E-state index contributed by atoms with van der Waals surface area (Å²) in [5.41, 5.74) is 1.76. The van der Waals surface area contributed by atoms with Crippen LogP contribution in [-0.2, 0) is 0 Å². The van der Waals surface area contributed by atoms with E-state index >= 15 is 0 Å². The molecule has 1 aliphatic rings. The minimum absolute atomic E-state index is 0.651. The van der Waals surface area contributed by atoms with Crippen molar-refractivity contribution in [2.45, 2.75) is 19.3 Å². The van der Waals surface area contributed by atoms with Gasteiger partial charge in [0.25, 0.3) is 0 Å². The predicted molar refractivity (Wildman–Crippen MR) is 63.8 cm³/mol. The largest absolute Gasteiger partial charge is 0.495 e. The molecule has 0 amide bonds. The molecule has 0 saturated carbocycles. The van der Waals surface area contributed by atoms with Gasteiger partial charge >= 0.3 is 0 Å². The van der Waals surface area contributed by atoms with Crippen LogP contribution in [0, 0.1) is 11.3 Å². The molecule has 0 aliphatic carbocycles. The molecule has 1 aromatic rings. The van der Waals surface area contributed by atoms with Crippen molar-refractivity contribution < 1.29 is 4.74 Å². The first-order chi connectivity index (χ1) is 7.85. The van der Waals surface area contributed by atoms with Crippen molar-refractivity contribution in [3.63, 3.8) is 0 Å². The van der Waals surface area contributed by atoms with E-state index in [1.165, 1.54) is 19.3 Å². The first kappa shape index (κ1) is 10.8. The Hall–Kier alpha value is -1.69. The van der Waals surface area contributed by atoms with Crippen molar-refractivity contribution in [1.29, 1.82) is 5.26 Å². The van der Waals surface area contributed by atoms with E-state index in [-0.39, 0.29) is 0 Å². The molecule has 16 heavy (non-hydrogen) atoms. The highest BCUT2D eigenvalue weighted by Gasteiger charge is 2.15. The quantitative estimate of drug-likeness (QED) is 0.762. The van der Waals surface area contributed by atoms with E-state index in [1.54, 1.807) is 7.11 Å². The average molecular weight is 216 g/mol. The van der Waals surface area contributed by atoms with Crippen molar-refractivity contribution in [2.24, 2.45) is 0 Å². The highest BCUT2D eigenvalue weighted by Crippen LogP contribution is 2.31. The first-order valence-electron chi connectivity index (χ1n) is 5.68. The van der Waals surface area contributed by atoms with Gasteiger partial charge in [0.15, 0.2) is 0 Å². The smallest absolute Gasteiger partial charge is 0.143 e. The molecule has 1 fully saturated rings. The molecule has 3 heteroatoms. The van der Waals surface area contributed by atoms with Gasteiger partial charge in [-0.1, -0.05) is 0 Å². The minimum atomic E-state index is 0.651. The molecule has 1 aliphatic heterocycles. The standard InChI is InChI=1S/C13H16N2O/c1-16-13-9-11(10-14)5-6-12(13)15-7-3-2-4-8-15/h5-6,9H,2-4,7-8H2,1H3. The highest BCUT2D eigenvalue weighted by atomic mass is 16.5. The Bertz CT molecular complexity index is 403. The third-order valence-corrected chi connectivity index (χ3v) is 3.01. The molecule has 1 aromatic carbocycles. The number of hydrogen-bond acceptors (Lipinski definition) is 3. The van der Waals surface area contributed by atoms with E-state index in [1.807, 2.05) is 18.2 Å². The Morgan fingerprint density at radius 2 is 2.00 bits per heavy atom. The maximum atomic E-state index is 8.84. The fraction of sp³-hybridized carbons (Fsp3) is 0.462. The van der Waals surface area contributed by atoms with Crippen LogP contribution in [0.25, 0.3) is 0 Å². The molecule has 2 rings (SSSR count). The van der Waals surface area contributed by atoms with Crippen LogP contribution in [0.3, 0.4) is 0 Å². The second kappa shape index (κ2) is 4.89. The van der Waals surface area contributed by atoms with Crippen LogP contribution in [0.1, 0.15) is 24.8 Å². The van der Waals surface area contributed by atoms with E-state index in [4.69, 9.17) is 10.00 Å². The number of benzene rings is 1. The summed E-state index contributed by atoms with van der Waals surface area (Å²) >= 11 is 0. The van der Waals surface area contributed by atoms with Gasteiger partial charge in [-0.2, -0.15) is 5.26 Å². The zero-order valence-corrected chi connectivity index (χ0v) is 9.57. The lowest BCUT2D eigenvalue weighted by atomic mass is 10.1. The molecule has 1 heterocycles. The summed E-state index contributed by atoms with van der Waals surface area (Å²) in [7, 11) is 1.66. The van der Waals surface area contributed by atoms with Crippen LogP contribution in [-0.4, -0.2) is 20.2 Å². The van der Waals surface area contributed by atoms with Crippen molar-refractivity contribution >= 4 is 5.69 Å². The van der Waals surface area contributed by atoms with Gasteiger partial charge in [-0.25, -0.2) is 0 Å². The number of piperidine rings is 1. The van der Waals surface area contributed by atoms with E-state index in [0.717, 1.165) is 24.5 Å². The molecule has 3 nitrogen and oxygen atoms in total. The van der Waals surface area contributed by atoms with E-state index in [9.17, 15) is 0 Å². The maximum absolute atomic E-state index is 8.84. The van der Waals surface area contributed by atoms with Crippen LogP contribution >= 0.6 is 0 Å². The molecule has 0 spiro atoms. The SMILES string of the molecule is COc1cc(C#N)ccc1N1CCCCC1. The summed E-state index contributed by atoms with van der Waals surface area (Å²) in [4.78, 5) is 2.34. The summed E-state index contributed by atoms with van der Waals surface area (Å²) in [5.74, 6) is 0.806. The second-order valence-corrected chi connectivity index (χ2v) is 4.05. The van der Waals surface area contributed by atoms with Gasteiger partial charge < -0.3 is 9.64 Å². The molecule has 0 aromatic heterocycles. The molecular weight excluding hydrogens is 200 g/mol. The van der Waals surface area contributed by atoms with Crippen LogP contribution in [0.4, 0.5) is 5.69 Å². The number of ether oxygens (including phenoxy) is 1. The maximum Gasteiger partial charge on any atom is 0.143 e. The second-order valence-electron chi connectivity index (χ2n) is 4.05. The predicted octanol–water partition coefficient (Wildman–Crippen LogP) is 2.56. The van der Waals surface area contributed by atoms with Crippen molar-refractivity contribution in [2.75, 3.05) is 25.1 Å². The fourth-order valence-corrected chi connectivity index (χ4v) is 2.14. The van der Waals surface area contributed by atoms with Gasteiger partial charge in [0.2, 0.25) is 0 Å². The average Bonchev–Trinajstić information content (AvgIpc) is 2.39. The van der Waals surface area contributed by atoms with Crippen LogP contribution in [0.2, 0.25) is 0 Å². The van der Waals surface area contributed by atoms with Crippen LogP contribution in [0.15, 0.2) is 18.2 Å². The lowest BCUT2D eigenvalue weighted by Gasteiger charge is -2.30. The number of rotatable bonds is 2. The van der Waals surface area contributed by atoms with Gasteiger partial charge in [-0.3, -0.25) is 0 Å². The molecule has 0 atom stereocenters. The topological polar surface area (TPSA) is 36.3 Å². The number of hydrogen-bond donors (Lipinski definition) is 0. The fourth-order valence-electron chi connectivity index (χ4n) is 2.14. The van der Waals surface area contributed by atoms with Crippen LogP contribution < -0.4 is 9.64 Å². The third-order valence-electron chi connectivity index (χ3n) is 3.01. The van der Waals surface area contributed by atoms with Crippen molar-refractivity contribution in [1.82, 2.24) is 0 Å². The van der Waals surface area contributed by atoms with Crippen molar-refractivity contribution in [3.05, 3.63) is 23.8 Å². The monoisotopic (exact) mass is 216 g/mol. The first-order valence-corrected chi connectivity index (χ1v) is 5.68. The van der Waals surface area contributed by atoms with Crippen molar-refractivity contribution in [3.8, 4) is 11.8 Å². The number of anilines is 1. The lowest BCUT2D eigenvalue weighted by Crippen LogP contribution is -2.29. The molecule has 0 N–H and O–H groups in total. The number of methoxy groups -OCH3 is 1. The van der Waals surface area contributed by atoms with E-state index in [0.29, 0.717) is 5.56 Å². The van der Waals surface area contributed by atoms with Gasteiger partial charge in [0.05, 0.1) is 24.4 Å². The number of nitrogens with zero attached hydrogens (tertiary/aromatic N) is 2. The molecular formula is C13H16N2O. The van der Waals surface area contributed by atoms with Gasteiger partial charge in [-0.15, -0.1) is 0 Å². The Balaban J connectivity index is 2.29. The molecule has 0 bridgehead atoms. The zero-order valence-electron chi connectivity index (χ0n) is 9.57. The highest BCUT2D eigenvalue weighted by molar-refractivity contribution is 5.61.